The average Bonchev–Trinajstić information content (AvgIpc) is 3.01. The van der Waals surface area contributed by atoms with Gasteiger partial charge in [-0.1, -0.05) is 12.1 Å². The lowest BCUT2D eigenvalue weighted by molar-refractivity contribution is -0.366. The minimum atomic E-state index is -1.83. The van der Waals surface area contributed by atoms with Crippen LogP contribution in [0, 0.1) is 0 Å². The van der Waals surface area contributed by atoms with Crippen molar-refractivity contribution >= 4 is 12.0 Å². The molecule has 11 atom stereocenters. The molecule has 45 heavy (non-hydrogen) atoms. The van der Waals surface area contributed by atoms with Crippen molar-refractivity contribution in [2.24, 2.45) is 0 Å². The third-order valence-electron chi connectivity index (χ3n) is 7.36. The number of hydrogen-bond donors (Lipinski definition) is 10. The Bertz CT molecular complexity index is 1340. The molecule has 11 unspecified atom stereocenters. The van der Waals surface area contributed by atoms with Crippen LogP contribution in [0.4, 0.5) is 0 Å². The monoisotopic (exact) mass is 640 g/mol. The molecule has 2 fully saturated rings. The molecular formula is C29H36O16. The second-order valence-electron chi connectivity index (χ2n) is 10.6. The predicted molar refractivity (Wildman–Crippen MR) is 148 cm³/mol. The Kier molecular flexibility index (Phi) is 11.2. The number of esters is 1. The van der Waals surface area contributed by atoms with Gasteiger partial charge in [0.2, 0.25) is 0 Å². The van der Waals surface area contributed by atoms with Crippen LogP contribution < -0.4 is 0 Å². The van der Waals surface area contributed by atoms with Crippen molar-refractivity contribution in [2.45, 2.75) is 74.4 Å². The van der Waals surface area contributed by atoms with Crippen molar-refractivity contribution in [1.82, 2.24) is 0 Å². The number of phenols is 4. The molecule has 0 aromatic heterocycles. The van der Waals surface area contributed by atoms with Gasteiger partial charge in [-0.2, -0.15) is 0 Å². The summed E-state index contributed by atoms with van der Waals surface area (Å²) in [5, 5.41) is 101. The molecule has 16 nitrogen and oxygen atoms in total. The van der Waals surface area contributed by atoms with E-state index in [1.807, 2.05) is 0 Å². The molecule has 2 aliphatic rings. The van der Waals surface area contributed by atoms with E-state index < -0.39 is 104 Å². The fourth-order valence-corrected chi connectivity index (χ4v) is 4.76. The first-order valence-corrected chi connectivity index (χ1v) is 13.8. The summed E-state index contributed by atoms with van der Waals surface area (Å²) in [6.45, 7) is 0.0575. The Labute approximate surface area is 256 Å². The topological polar surface area (TPSA) is 266 Å². The smallest absolute Gasteiger partial charge is 0.331 e. The lowest BCUT2D eigenvalue weighted by Crippen LogP contribution is -2.64. The van der Waals surface area contributed by atoms with Crippen LogP contribution in [0.25, 0.3) is 6.08 Å². The lowest BCUT2D eigenvalue weighted by atomic mass is 9.97. The minimum absolute atomic E-state index is 0.135. The zero-order valence-corrected chi connectivity index (χ0v) is 23.8. The third kappa shape index (κ3) is 8.00. The maximum atomic E-state index is 12.7. The van der Waals surface area contributed by atoms with Gasteiger partial charge in [0.25, 0.3) is 0 Å². The van der Waals surface area contributed by atoms with E-state index in [4.69, 9.17) is 23.7 Å². The van der Waals surface area contributed by atoms with Gasteiger partial charge in [-0.25, -0.2) is 4.79 Å². The van der Waals surface area contributed by atoms with Gasteiger partial charge in [0.1, 0.15) is 42.7 Å². The molecule has 10 N–H and O–H groups in total. The highest BCUT2D eigenvalue weighted by atomic mass is 16.8. The Morgan fingerprint density at radius 1 is 0.844 bits per heavy atom. The van der Waals surface area contributed by atoms with Gasteiger partial charge in [0.15, 0.2) is 41.7 Å². The highest BCUT2D eigenvalue weighted by molar-refractivity contribution is 5.87. The van der Waals surface area contributed by atoms with Gasteiger partial charge >= 0.3 is 5.97 Å². The molecule has 0 saturated carbocycles. The van der Waals surface area contributed by atoms with E-state index in [1.54, 1.807) is 0 Å². The molecule has 2 aromatic rings. The number of benzene rings is 2. The molecule has 2 aliphatic heterocycles. The number of phenolic OH excluding ortho intramolecular Hbond substituents is 4. The van der Waals surface area contributed by atoms with Crippen LogP contribution in [-0.4, -0.2) is 132 Å². The summed E-state index contributed by atoms with van der Waals surface area (Å²) in [5.41, 5.74) is 0.449. The Hall–Kier alpha value is -3.55. The van der Waals surface area contributed by atoms with Gasteiger partial charge in [-0.05, 0) is 48.4 Å². The van der Waals surface area contributed by atoms with Gasteiger partial charge in [-0.15, -0.1) is 0 Å². The summed E-state index contributed by atoms with van der Waals surface area (Å²) in [5.74, 6) is -2.75. The van der Waals surface area contributed by atoms with Crippen molar-refractivity contribution in [1.29, 1.82) is 0 Å². The molecule has 0 radical (unpaired) electrons. The van der Waals surface area contributed by atoms with E-state index in [-0.39, 0.29) is 11.3 Å². The summed E-state index contributed by atoms with van der Waals surface area (Å²) in [6, 6.07) is 7.32. The number of aromatic hydroxyl groups is 4. The minimum Gasteiger partial charge on any atom is -0.504 e. The Balaban J connectivity index is 1.54. The normalized spacial score (nSPS) is 32.8. The Morgan fingerprint density at radius 2 is 1.51 bits per heavy atom. The molecule has 2 heterocycles. The molecule has 248 valence electrons. The lowest BCUT2D eigenvalue weighted by Gasteiger charge is -2.46. The molecule has 2 aromatic carbocycles. The summed E-state index contributed by atoms with van der Waals surface area (Å²) in [4.78, 5) is 12.7. The maximum absolute atomic E-state index is 12.7. The highest BCUT2D eigenvalue weighted by Gasteiger charge is 2.52. The van der Waals surface area contributed by atoms with E-state index in [0.29, 0.717) is 5.56 Å². The molecule has 0 aliphatic carbocycles. The first-order chi connectivity index (χ1) is 21.3. The van der Waals surface area contributed by atoms with Crippen molar-refractivity contribution in [3.8, 4) is 23.0 Å². The van der Waals surface area contributed by atoms with Crippen LogP contribution in [0.2, 0.25) is 0 Å². The van der Waals surface area contributed by atoms with Crippen LogP contribution in [0.1, 0.15) is 24.2 Å². The van der Waals surface area contributed by atoms with Gasteiger partial charge in [0.05, 0.1) is 19.3 Å². The molecule has 0 bridgehead atoms. The predicted octanol–water partition coefficient (Wildman–Crippen LogP) is -1.53. The highest BCUT2D eigenvalue weighted by Crippen LogP contribution is 2.33. The first-order valence-electron chi connectivity index (χ1n) is 13.8. The van der Waals surface area contributed by atoms with E-state index >= 15 is 0 Å². The zero-order chi connectivity index (χ0) is 33.0. The zero-order valence-electron chi connectivity index (χ0n) is 23.8. The number of aliphatic hydroxyl groups excluding tert-OH is 6. The van der Waals surface area contributed by atoms with Crippen molar-refractivity contribution in [3.05, 3.63) is 53.6 Å². The van der Waals surface area contributed by atoms with Crippen LogP contribution in [0.5, 0.6) is 23.0 Å². The number of rotatable bonds is 10. The largest absolute Gasteiger partial charge is 0.504 e. The van der Waals surface area contributed by atoms with Gasteiger partial charge < -0.3 is 74.7 Å². The molecule has 0 amide bonds. The molecule has 0 spiro atoms. The maximum Gasteiger partial charge on any atom is 0.331 e. The van der Waals surface area contributed by atoms with Crippen molar-refractivity contribution in [3.63, 3.8) is 0 Å². The van der Waals surface area contributed by atoms with Gasteiger partial charge in [-0.3, -0.25) is 0 Å². The van der Waals surface area contributed by atoms with Crippen molar-refractivity contribution in [2.75, 3.05) is 13.2 Å². The standard InChI is InChI=1S/C29H36O16/c1-12-22(37)23(38)24(39)28(42-12)45-27-25(40)26(44-21(36)7-3-13-2-5-15(31)17(33)8-13)20(10-30)43-29(27)41-11-19(35)14-4-6-16(32)18(34)9-14/h2-9,12,19-20,22-35,37-40H,10-11H2,1H3. The van der Waals surface area contributed by atoms with Gasteiger partial charge in [0, 0.05) is 6.08 Å². The molecule has 4 rings (SSSR count). The number of aliphatic hydroxyl groups is 6. The first kappa shape index (κ1) is 34.3. The molecular weight excluding hydrogens is 604 g/mol. The summed E-state index contributed by atoms with van der Waals surface area (Å²) in [6.07, 6.45) is -15.0. The average molecular weight is 641 g/mol. The fourth-order valence-electron chi connectivity index (χ4n) is 4.76. The van der Waals surface area contributed by atoms with Crippen LogP contribution in [0.15, 0.2) is 42.5 Å². The van der Waals surface area contributed by atoms with E-state index in [9.17, 15) is 55.9 Å². The van der Waals surface area contributed by atoms with E-state index in [2.05, 4.69) is 0 Å². The van der Waals surface area contributed by atoms with Crippen LogP contribution >= 0.6 is 0 Å². The summed E-state index contributed by atoms with van der Waals surface area (Å²) in [7, 11) is 0. The van der Waals surface area contributed by atoms with E-state index in [1.165, 1.54) is 37.3 Å². The number of hydrogen-bond acceptors (Lipinski definition) is 16. The van der Waals surface area contributed by atoms with Crippen LogP contribution in [0.3, 0.4) is 0 Å². The number of carbonyl (C=O) groups is 1. The SMILES string of the molecule is CC1OC(OC2C(OCC(O)c3ccc(O)c(O)c3)OC(CO)C(OC(=O)C=Cc3ccc(O)c(O)c3)C2O)C(O)C(O)C1O. The third-order valence-corrected chi connectivity index (χ3v) is 7.36. The van der Waals surface area contributed by atoms with E-state index in [0.717, 1.165) is 18.2 Å². The van der Waals surface area contributed by atoms with Crippen molar-refractivity contribution < 1.29 is 79.5 Å². The second kappa shape index (κ2) is 14.7. The Morgan fingerprint density at radius 3 is 2.16 bits per heavy atom. The number of ether oxygens (including phenoxy) is 5. The fraction of sp³-hybridized carbons (Fsp3) is 0.483. The second-order valence-corrected chi connectivity index (χ2v) is 10.6. The molecule has 2 saturated heterocycles. The summed E-state index contributed by atoms with van der Waals surface area (Å²) >= 11 is 0. The molecule has 16 heteroatoms. The van der Waals surface area contributed by atoms with Crippen LogP contribution in [-0.2, 0) is 28.5 Å². The summed E-state index contributed by atoms with van der Waals surface area (Å²) < 4.78 is 28.0. The number of carbonyl (C=O) groups excluding carboxylic acids is 1. The quantitative estimate of drug-likeness (QED) is 0.0802.